The molecule has 2 N–H and O–H groups in total. The third-order valence-electron chi connectivity index (χ3n) is 3.69. The molecule has 4 heteroatoms. The summed E-state index contributed by atoms with van der Waals surface area (Å²) in [6.07, 6.45) is 9.04. The van der Waals surface area contributed by atoms with Crippen LogP contribution in [0.4, 0.5) is 0 Å². The Bertz CT molecular complexity index is 573. The van der Waals surface area contributed by atoms with Crippen LogP contribution in [0.3, 0.4) is 0 Å². The summed E-state index contributed by atoms with van der Waals surface area (Å²) in [5.41, 5.74) is 3.53. The number of unbranched alkanes of at least 4 members (excludes halogenated alkanes) is 4. The van der Waals surface area contributed by atoms with Crippen molar-refractivity contribution in [1.29, 1.82) is 0 Å². The second kappa shape index (κ2) is 7.62. The van der Waals surface area contributed by atoms with E-state index in [9.17, 15) is 4.79 Å². The van der Waals surface area contributed by atoms with Crippen LogP contribution < -0.4 is 0 Å². The topological polar surface area (TPSA) is 66.0 Å². The Hall–Kier alpha value is -2.10. The smallest absolute Gasteiger partial charge is 0.335 e. The number of nitrogens with one attached hydrogen (secondary N) is 1. The zero-order valence-electron chi connectivity index (χ0n) is 12.4. The van der Waals surface area contributed by atoms with E-state index in [0.29, 0.717) is 5.56 Å². The van der Waals surface area contributed by atoms with Crippen molar-refractivity contribution in [2.45, 2.75) is 45.4 Å². The third kappa shape index (κ3) is 4.18. The fraction of sp³-hybridized carbons (Fsp3) is 0.412. The van der Waals surface area contributed by atoms with Gasteiger partial charge in [0, 0.05) is 11.3 Å². The summed E-state index contributed by atoms with van der Waals surface area (Å²) in [7, 11) is 0. The highest BCUT2D eigenvalue weighted by atomic mass is 16.4. The van der Waals surface area contributed by atoms with Crippen LogP contribution in [-0.4, -0.2) is 21.3 Å². The Morgan fingerprint density at radius 1 is 1.14 bits per heavy atom. The van der Waals surface area contributed by atoms with Crippen molar-refractivity contribution in [3.8, 4) is 11.1 Å². The molecule has 1 aromatic carbocycles. The second-order valence-electron chi connectivity index (χ2n) is 5.31. The number of H-pyrrole nitrogens is 1. The Labute approximate surface area is 125 Å². The SMILES string of the molecule is CCCCCCCc1[nH]ncc1-c1ccc(C(=O)O)cc1. The molecule has 21 heavy (non-hydrogen) atoms. The number of benzene rings is 1. The van der Waals surface area contributed by atoms with Gasteiger partial charge in [-0.15, -0.1) is 0 Å². The van der Waals surface area contributed by atoms with Crippen LogP contribution in [0.5, 0.6) is 0 Å². The predicted molar refractivity (Wildman–Crippen MR) is 83.4 cm³/mol. The first-order valence-corrected chi connectivity index (χ1v) is 7.58. The maximum atomic E-state index is 10.9. The molecule has 4 nitrogen and oxygen atoms in total. The van der Waals surface area contributed by atoms with E-state index in [1.807, 2.05) is 18.3 Å². The van der Waals surface area contributed by atoms with Crippen molar-refractivity contribution in [1.82, 2.24) is 10.2 Å². The van der Waals surface area contributed by atoms with Crippen LogP contribution >= 0.6 is 0 Å². The average Bonchev–Trinajstić information content (AvgIpc) is 2.95. The van der Waals surface area contributed by atoms with E-state index >= 15 is 0 Å². The Morgan fingerprint density at radius 3 is 2.52 bits per heavy atom. The van der Waals surface area contributed by atoms with Crippen molar-refractivity contribution in [2.75, 3.05) is 0 Å². The Balaban J connectivity index is 2.00. The van der Waals surface area contributed by atoms with Gasteiger partial charge in [-0.25, -0.2) is 4.79 Å². The van der Waals surface area contributed by atoms with Crippen LogP contribution in [0.25, 0.3) is 11.1 Å². The minimum Gasteiger partial charge on any atom is -0.478 e. The van der Waals surface area contributed by atoms with Gasteiger partial charge in [-0.3, -0.25) is 5.10 Å². The van der Waals surface area contributed by atoms with E-state index in [1.54, 1.807) is 12.1 Å². The summed E-state index contributed by atoms with van der Waals surface area (Å²) < 4.78 is 0. The highest BCUT2D eigenvalue weighted by molar-refractivity contribution is 5.88. The van der Waals surface area contributed by atoms with Gasteiger partial charge in [0.2, 0.25) is 0 Å². The molecule has 0 unspecified atom stereocenters. The average molecular weight is 286 g/mol. The number of aromatic nitrogens is 2. The van der Waals surface area contributed by atoms with Crippen molar-refractivity contribution in [3.63, 3.8) is 0 Å². The first-order chi connectivity index (χ1) is 10.2. The van der Waals surface area contributed by atoms with Gasteiger partial charge in [0.25, 0.3) is 0 Å². The first kappa shape index (κ1) is 15.3. The molecule has 0 radical (unpaired) electrons. The third-order valence-corrected chi connectivity index (χ3v) is 3.69. The molecule has 0 bridgehead atoms. The zero-order chi connectivity index (χ0) is 15.1. The van der Waals surface area contributed by atoms with Crippen molar-refractivity contribution in [3.05, 3.63) is 41.7 Å². The number of rotatable bonds is 8. The molecule has 0 atom stereocenters. The minimum atomic E-state index is -0.898. The number of aryl methyl sites for hydroxylation is 1. The number of nitrogens with zero attached hydrogens (tertiary/aromatic N) is 1. The van der Waals surface area contributed by atoms with Crippen molar-refractivity contribution >= 4 is 5.97 Å². The lowest BCUT2D eigenvalue weighted by atomic mass is 10.0. The Morgan fingerprint density at radius 2 is 1.86 bits per heavy atom. The summed E-state index contributed by atoms with van der Waals surface area (Å²) >= 11 is 0. The number of hydrogen-bond donors (Lipinski definition) is 2. The summed E-state index contributed by atoms with van der Waals surface area (Å²) in [5, 5.41) is 16.1. The fourth-order valence-corrected chi connectivity index (χ4v) is 2.45. The summed E-state index contributed by atoms with van der Waals surface area (Å²) in [4.78, 5) is 10.9. The molecule has 0 fully saturated rings. The van der Waals surface area contributed by atoms with E-state index in [-0.39, 0.29) is 0 Å². The van der Waals surface area contributed by atoms with E-state index < -0.39 is 5.97 Å². The van der Waals surface area contributed by atoms with Crippen LogP contribution in [0.1, 0.15) is 55.1 Å². The van der Waals surface area contributed by atoms with Gasteiger partial charge in [0.05, 0.1) is 11.8 Å². The molecule has 0 spiro atoms. The molecule has 2 rings (SSSR count). The van der Waals surface area contributed by atoms with Crippen LogP contribution in [0.2, 0.25) is 0 Å². The quantitative estimate of drug-likeness (QED) is 0.711. The Kier molecular flexibility index (Phi) is 5.55. The van der Waals surface area contributed by atoms with Crippen molar-refractivity contribution < 1.29 is 9.90 Å². The predicted octanol–water partition coefficient (Wildman–Crippen LogP) is 4.29. The number of carboxylic acid groups (broad SMARTS) is 1. The van der Waals surface area contributed by atoms with Gasteiger partial charge in [-0.1, -0.05) is 44.7 Å². The monoisotopic (exact) mass is 286 g/mol. The largest absolute Gasteiger partial charge is 0.478 e. The standard InChI is InChI=1S/C17H22N2O2/c1-2-3-4-5-6-7-16-15(12-18-19-16)13-8-10-14(11-9-13)17(20)21/h8-12H,2-7H2,1H3,(H,18,19)(H,20,21). The first-order valence-electron chi connectivity index (χ1n) is 7.58. The number of aromatic carboxylic acids is 1. The number of carboxylic acids is 1. The summed E-state index contributed by atoms with van der Waals surface area (Å²) in [5.74, 6) is -0.898. The maximum absolute atomic E-state index is 10.9. The lowest BCUT2D eigenvalue weighted by Gasteiger charge is -2.04. The molecular weight excluding hydrogens is 264 g/mol. The number of aromatic amines is 1. The van der Waals surface area contributed by atoms with E-state index in [0.717, 1.165) is 29.7 Å². The van der Waals surface area contributed by atoms with Gasteiger partial charge in [-0.05, 0) is 30.5 Å². The molecule has 112 valence electrons. The highest BCUT2D eigenvalue weighted by Crippen LogP contribution is 2.24. The van der Waals surface area contributed by atoms with Gasteiger partial charge >= 0.3 is 5.97 Å². The lowest BCUT2D eigenvalue weighted by Crippen LogP contribution is -1.95. The lowest BCUT2D eigenvalue weighted by molar-refractivity contribution is 0.0697. The summed E-state index contributed by atoms with van der Waals surface area (Å²) in [6, 6.07) is 6.95. The molecule has 2 aromatic rings. The second-order valence-corrected chi connectivity index (χ2v) is 5.31. The number of carbonyl (C=O) groups is 1. The van der Waals surface area contributed by atoms with Gasteiger partial charge in [-0.2, -0.15) is 5.10 Å². The molecular formula is C17H22N2O2. The minimum absolute atomic E-state index is 0.309. The molecule has 0 aliphatic heterocycles. The number of hydrogen-bond acceptors (Lipinski definition) is 2. The van der Waals surface area contributed by atoms with Crippen LogP contribution in [0, 0.1) is 0 Å². The molecule has 0 amide bonds. The van der Waals surface area contributed by atoms with Crippen LogP contribution in [0.15, 0.2) is 30.5 Å². The van der Waals surface area contributed by atoms with E-state index in [1.165, 1.54) is 25.7 Å². The van der Waals surface area contributed by atoms with E-state index in [2.05, 4.69) is 17.1 Å². The summed E-state index contributed by atoms with van der Waals surface area (Å²) in [6.45, 7) is 2.22. The zero-order valence-corrected chi connectivity index (χ0v) is 12.4. The normalized spacial score (nSPS) is 10.7. The van der Waals surface area contributed by atoms with Gasteiger partial charge in [0.1, 0.15) is 0 Å². The molecule has 1 heterocycles. The molecule has 0 aliphatic rings. The molecule has 0 saturated heterocycles. The van der Waals surface area contributed by atoms with Crippen LogP contribution in [-0.2, 0) is 6.42 Å². The molecule has 0 aliphatic carbocycles. The fourth-order valence-electron chi connectivity index (χ4n) is 2.45. The molecule has 0 saturated carbocycles. The maximum Gasteiger partial charge on any atom is 0.335 e. The van der Waals surface area contributed by atoms with Crippen molar-refractivity contribution in [2.24, 2.45) is 0 Å². The van der Waals surface area contributed by atoms with Gasteiger partial charge < -0.3 is 5.11 Å². The van der Waals surface area contributed by atoms with E-state index in [4.69, 9.17) is 5.11 Å². The highest BCUT2D eigenvalue weighted by Gasteiger charge is 2.09. The van der Waals surface area contributed by atoms with Gasteiger partial charge in [0.15, 0.2) is 0 Å². The molecule has 1 aromatic heterocycles.